The average molecular weight is 343 g/mol. The maximum atomic E-state index is 13.1. The summed E-state index contributed by atoms with van der Waals surface area (Å²) in [5.41, 5.74) is 7.42. The second-order valence-corrected chi connectivity index (χ2v) is 6.00. The van der Waals surface area contributed by atoms with Crippen molar-refractivity contribution in [2.75, 3.05) is 12.1 Å². The highest BCUT2D eigenvalue weighted by atomic mass is 35.5. The van der Waals surface area contributed by atoms with E-state index in [2.05, 4.69) is 4.98 Å². The van der Waals surface area contributed by atoms with Crippen molar-refractivity contribution in [2.24, 2.45) is 5.73 Å². The molecule has 0 amide bonds. The van der Waals surface area contributed by atoms with Crippen LogP contribution in [0.3, 0.4) is 0 Å². The van der Waals surface area contributed by atoms with Gasteiger partial charge < -0.3 is 5.73 Å². The molecule has 5 nitrogen and oxygen atoms in total. The molecule has 0 spiro atoms. The van der Waals surface area contributed by atoms with Gasteiger partial charge in [0.15, 0.2) is 0 Å². The largest absolute Gasteiger partial charge is 0.321 e. The Morgan fingerprint density at radius 2 is 1.92 bits per heavy atom. The van der Waals surface area contributed by atoms with Gasteiger partial charge in [-0.3, -0.25) is 9.80 Å². The van der Waals surface area contributed by atoms with E-state index in [1.54, 1.807) is 23.2 Å². The topological polar surface area (TPSA) is 64.1 Å². The second-order valence-electron chi connectivity index (χ2n) is 5.59. The first-order chi connectivity index (χ1) is 11.5. The zero-order valence-electron chi connectivity index (χ0n) is 13.6. The van der Waals surface area contributed by atoms with Crippen molar-refractivity contribution in [1.82, 2.24) is 9.66 Å². The van der Waals surface area contributed by atoms with Crippen LogP contribution >= 0.6 is 11.6 Å². The molecule has 0 bridgehead atoms. The van der Waals surface area contributed by atoms with E-state index in [9.17, 15) is 4.79 Å². The lowest BCUT2D eigenvalue weighted by molar-refractivity contribution is 0.571. The quantitative estimate of drug-likeness (QED) is 0.789. The van der Waals surface area contributed by atoms with Gasteiger partial charge >= 0.3 is 0 Å². The lowest BCUT2D eigenvalue weighted by Gasteiger charge is -2.26. The Hall–Kier alpha value is -2.37. The first-order valence-corrected chi connectivity index (χ1v) is 8.18. The minimum absolute atomic E-state index is 0.226. The molecule has 3 rings (SSSR count). The van der Waals surface area contributed by atoms with E-state index in [1.165, 1.54) is 4.68 Å². The van der Waals surface area contributed by atoms with Crippen LogP contribution in [0, 0.1) is 0 Å². The predicted octanol–water partition coefficient (Wildman–Crippen LogP) is 3.36. The lowest BCUT2D eigenvalue weighted by Crippen LogP contribution is -2.40. The molecule has 0 aliphatic heterocycles. The number of aromatic nitrogens is 2. The van der Waals surface area contributed by atoms with Crippen molar-refractivity contribution in [3.05, 3.63) is 69.7 Å². The van der Waals surface area contributed by atoms with E-state index in [-0.39, 0.29) is 11.6 Å². The van der Waals surface area contributed by atoms with Crippen LogP contribution in [0.4, 0.5) is 5.69 Å². The molecule has 0 saturated heterocycles. The molecule has 2 aromatic carbocycles. The molecule has 1 heterocycles. The Morgan fingerprint density at radius 1 is 1.21 bits per heavy atom. The van der Waals surface area contributed by atoms with Crippen LogP contribution in [0.1, 0.15) is 25.2 Å². The van der Waals surface area contributed by atoms with E-state index < -0.39 is 0 Å². The molecule has 2 N–H and O–H groups in total. The third-order valence-corrected chi connectivity index (χ3v) is 4.37. The molecule has 0 radical (unpaired) electrons. The van der Waals surface area contributed by atoms with Crippen molar-refractivity contribution in [2.45, 2.75) is 19.4 Å². The number of nitrogens with two attached hydrogens (primary N) is 1. The van der Waals surface area contributed by atoms with Gasteiger partial charge in [-0.15, -0.1) is 0 Å². The van der Waals surface area contributed by atoms with Gasteiger partial charge in [-0.2, -0.15) is 0 Å². The van der Waals surface area contributed by atoms with Crippen LogP contribution in [0.5, 0.6) is 0 Å². The van der Waals surface area contributed by atoms with Crippen LogP contribution in [-0.2, 0) is 0 Å². The van der Waals surface area contributed by atoms with Gasteiger partial charge in [0.25, 0.3) is 5.56 Å². The molecule has 124 valence electrons. The Bertz CT molecular complexity index is 923. The SMILES string of the molecule is CC[C@H](N)c1nc2cccc(Cl)c2c(=O)n1N(C)c1ccccc1. The third kappa shape index (κ3) is 2.77. The van der Waals surface area contributed by atoms with Crippen molar-refractivity contribution in [3.8, 4) is 0 Å². The van der Waals surface area contributed by atoms with Crippen LogP contribution in [-0.4, -0.2) is 16.7 Å². The molecule has 0 unspecified atom stereocenters. The van der Waals surface area contributed by atoms with E-state index in [1.807, 2.05) is 44.3 Å². The van der Waals surface area contributed by atoms with Crippen molar-refractivity contribution in [1.29, 1.82) is 0 Å². The van der Waals surface area contributed by atoms with Crippen LogP contribution < -0.4 is 16.3 Å². The standard InChI is InChI=1S/C18H19ClN4O/c1-3-14(20)17-21-15-11-7-10-13(19)16(15)18(24)23(17)22(2)12-8-5-4-6-9-12/h4-11,14H,3,20H2,1-2H3/t14-/m0/s1. The number of fused-ring (bicyclic) bond motifs is 1. The summed E-state index contributed by atoms with van der Waals surface area (Å²) in [6.45, 7) is 1.96. The maximum Gasteiger partial charge on any atom is 0.282 e. The minimum atomic E-state index is -0.354. The maximum absolute atomic E-state index is 13.1. The monoisotopic (exact) mass is 342 g/mol. The van der Waals surface area contributed by atoms with Gasteiger partial charge in [0.05, 0.1) is 27.7 Å². The van der Waals surface area contributed by atoms with E-state index >= 15 is 0 Å². The zero-order valence-corrected chi connectivity index (χ0v) is 14.4. The van der Waals surface area contributed by atoms with Gasteiger partial charge in [0.1, 0.15) is 5.82 Å². The molecular weight excluding hydrogens is 324 g/mol. The fourth-order valence-electron chi connectivity index (χ4n) is 2.67. The Labute approximate surface area is 145 Å². The number of para-hydroxylation sites is 1. The van der Waals surface area contributed by atoms with Gasteiger partial charge in [-0.05, 0) is 30.7 Å². The smallest absolute Gasteiger partial charge is 0.282 e. The summed E-state index contributed by atoms with van der Waals surface area (Å²) in [5, 5.41) is 2.54. The first-order valence-electron chi connectivity index (χ1n) is 7.80. The molecule has 0 aliphatic rings. The summed E-state index contributed by atoms with van der Waals surface area (Å²) < 4.78 is 1.51. The van der Waals surface area contributed by atoms with Gasteiger partial charge in [0, 0.05) is 7.05 Å². The average Bonchev–Trinajstić information content (AvgIpc) is 2.61. The fraction of sp³-hybridized carbons (Fsp3) is 0.222. The molecule has 1 atom stereocenters. The van der Waals surface area contributed by atoms with Gasteiger partial charge in [-0.25, -0.2) is 9.66 Å². The molecule has 3 aromatic rings. The number of benzene rings is 2. The highest BCUT2D eigenvalue weighted by Crippen LogP contribution is 2.22. The number of halogens is 1. The summed E-state index contributed by atoms with van der Waals surface area (Å²) in [6.07, 6.45) is 0.668. The number of rotatable bonds is 4. The number of hydrogen-bond acceptors (Lipinski definition) is 4. The number of nitrogens with zero attached hydrogens (tertiary/aromatic N) is 3. The fourth-order valence-corrected chi connectivity index (χ4v) is 2.92. The normalized spacial score (nSPS) is 12.3. The van der Waals surface area contributed by atoms with Crippen molar-refractivity contribution in [3.63, 3.8) is 0 Å². The number of anilines is 1. The molecule has 24 heavy (non-hydrogen) atoms. The summed E-state index contributed by atoms with van der Waals surface area (Å²) >= 11 is 6.25. The lowest BCUT2D eigenvalue weighted by atomic mass is 10.2. The third-order valence-electron chi connectivity index (χ3n) is 4.05. The molecule has 0 saturated carbocycles. The second kappa shape index (κ2) is 6.63. The Kier molecular flexibility index (Phi) is 4.55. The predicted molar refractivity (Wildman–Crippen MR) is 98.5 cm³/mol. The van der Waals surface area contributed by atoms with E-state index in [4.69, 9.17) is 17.3 Å². The summed E-state index contributed by atoms with van der Waals surface area (Å²) in [4.78, 5) is 17.8. The van der Waals surface area contributed by atoms with Crippen LogP contribution in [0.25, 0.3) is 10.9 Å². The highest BCUT2D eigenvalue weighted by Gasteiger charge is 2.20. The molecule has 6 heteroatoms. The van der Waals surface area contributed by atoms with Crippen LogP contribution in [0.2, 0.25) is 5.02 Å². The summed E-state index contributed by atoms with van der Waals surface area (Å²) in [7, 11) is 1.81. The van der Waals surface area contributed by atoms with Gasteiger partial charge in [-0.1, -0.05) is 42.8 Å². The first kappa shape index (κ1) is 16.5. The molecule has 0 fully saturated rings. The Morgan fingerprint density at radius 3 is 2.58 bits per heavy atom. The van der Waals surface area contributed by atoms with Crippen LogP contribution in [0.15, 0.2) is 53.3 Å². The summed E-state index contributed by atoms with van der Waals surface area (Å²) in [5.74, 6) is 0.517. The summed E-state index contributed by atoms with van der Waals surface area (Å²) in [6, 6.07) is 14.5. The zero-order chi connectivity index (χ0) is 17.3. The highest BCUT2D eigenvalue weighted by molar-refractivity contribution is 6.35. The molecule has 1 aromatic heterocycles. The molecular formula is C18H19ClN4O. The van der Waals surface area contributed by atoms with E-state index in [0.29, 0.717) is 28.2 Å². The van der Waals surface area contributed by atoms with E-state index in [0.717, 1.165) is 5.69 Å². The van der Waals surface area contributed by atoms with Gasteiger partial charge in [0.2, 0.25) is 0 Å². The minimum Gasteiger partial charge on any atom is -0.321 e. The van der Waals surface area contributed by atoms with Crippen molar-refractivity contribution < 1.29 is 0 Å². The molecule has 0 aliphatic carbocycles. The van der Waals surface area contributed by atoms with Crippen molar-refractivity contribution >= 4 is 28.2 Å². The Balaban J connectivity index is 2.34. The number of hydrogen-bond donors (Lipinski definition) is 1.